The van der Waals surface area contributed by atoms with Crippen molar-refractivity contribution < 1.29 is 8.42 Å². The Kier molecular flexibility index (Phi) is 2.79. The van der Waals surface area contributed by atoms with E-state index in [1.54, 1.807) is 8.61 Å². The van der Waals surface area contributed by atoms with Crippen molar-refractivity contribution in [1.29, 1.82) is 0 Å². The maximum absolute atomic E-state index is 11.9. The van der Waals surface area contributed by atoms with Gasteiger partial charge in [0.25, 0.3) is 10.2 Å². The molecule has 0 radical (unpaired) electrons. The van der Waals surface area contributed by atoms with E-state index in [0.717, 1.165) is 19.5 Å². The first kappa shape index (κ1) is 10.4. The molecule has 1 N–H and O–H groups in total. The number of hydrogen-bond donors (Lipinski definition) is 1. The van der Waals surface area contributed by atoms with Crippen LogP contribution in [0.25, 0.3) is 0 Å². The predicted molar refractivity (Wildman–Crippen MR) is 54.1 cm³/mol. The molecule has 6 heteroatoms. The fourth-order valence-corrected chi connectivity index (χ4v) is 3.97. The van der Waals surface area contributed by atoms with Gasteiger partial charge in [-0.3, -0.25) is 0 Å². The van der Waals surface area contributed by atoms with E-state index >= 15 is 0 Å². The second-order valence-electron chi connectivity index (χ2n) is 3.76. The summed E-state index contributed by atoms with van der Waals surface area (Å²) in [5, 5.41) is 3.20. The van der Waals surface area contributed by atoms with Crippen molar-refractivity contribution in [3.8, 4) is 0 Å². The lowest BCUT2D eigenvalue weighted by atomic mass is 10.2. The molecular weight excluding hydrogens is 202 g/mol. The maximum atomic E-state index is 11.9. The molecule has 0 aromatic carbocycles. The number of hydrogen-bond acceptors (Lipinski definition) is 3. The Bertz CT molecular complexity index is 298. The molecule has 14 heavy (non-hydrogen) atoms. The molecule has 2 rings (SSSR count). The molecular formula is C8H17N3O2S. The molecule has 0 unspecified atom stereocenters. The summed E-state index contributed by atoms with van der Waals surface area (Å²) in [5.74, 6) is 0. The van der Waals surface area contributed by atoms with Crippen molar-refractivity contribution in [1.82, 2.24) is 13.9 Å². The molecule has 0 aromatic heterocycles. The molecule has 0 amide bonds. The van der Waals surface area contributed by atoms with Crippen molar-refractivity contribution in [3.63, 3.8) is 0 Å². The van der Waals surface area contributed by atoms with Crippen molar-refractivity contribution >= 4 is 10.2 Å². The van der Waals surface area contributed by atoms with E-state index < -0.39 is 10.2 Å². The fraction of sp³-hybridized carbons (Fsp3) is 1.00. The summed E-state index contributed by atoms with van der Waals surface area (Å²) in [4.78, 5) is 0. The zero-order chi connectivity index (χ0) is 10.2. The van der Waals surface area contributed by atoms with Gasteiger partial charge in [-0.15, -0.1) is 0 Å². The van der Waals surface area contributed by atoms with E-state index in [2.05, 4.69) is 5.32 Å². The molecule has 2 saturated heterocycles. The minimum atomic E-state index is -3.13. The molecule has 0 aromatic rings. The van der Waals surface area contributed by atoms with Crippen LogP contribution >= 0.6 is 0 Å². The van der Waals surface area contributed by atoms with Gasteiger partial charge in [0.05, 0.1) is 0 Å². The lowest BCUT2D eigenvalue weighted by molar-refractivity contribution is 0.365. The lowest BCUT2D eigenvalue weighted by Crippen LogP contribution is -2.40. The normalized spacial score (nSPS) is 33.9. The molecule has 2 aliphatic rings. The van der Waals surface area contributed by atoms with Crippen LogP contribution in [-0.2, 0) is 10.2 Å². The molecule has 2 aliphatic heterocycles. The summed E-state index contributed by atoms with van der Waals surface area (Å²) in [6.45, 7) is 5.50. The Morgan fingerprint density at radius 2 is 2.21 bits per heavy atom. The summed E-state index contributed by atoms with van der Waals surface area (Å²) < 4.78 is 27.1. The van der Waals surface area contributed by atoms with Gasteiger partial charge in [0.1, 0.15) is 0 Å². The standard InChI is InChI=1S/C8H17N3O2S/c1-2-10-5-6-11(14(10,12)13)8-3-4-9-7-8/h8-9H,2-7H2,1H3/t8-/m0/s1. The fourth-order valence-electron chi connectivity index (χ4n) is 2.17. The minimum absolute atomic E-state index is 0.177. The first-order valence-electron chi connectivity index (χ1n) is 5.14. The SMILES string of the molecule is CCN1CCN([C@H]2CCNC2)S1(=O)=O. The number of rotatable bonds is 2. The Balaban J connectivity index is 2.14. The molecule has 5 nitrogen and oxygen atoms in total. The molecule has 2 fully saturated rings. The molecule has 0 bridgehead atoms. The highest BCUT2D eigenvalue weighted by Crippen LogP contribution is 2.21. The summed E-state index contributed by atoms with van der Waals surface area (Å²) >= 11 is 0. The second-order valence-corrected chi connectivity index (χ2v) is 5.64. The van der Waals surface area contributed by atoms with Crippen molar-refractivity contribution in [2.45, 2.75) is 19.4 Å². The van der Waals surface area contributed by atoms with Crippen molar-refractivity contribution in [2.24, 2.45) is 0 Å². The molecule has 0 saturated carbocycles. The van der Waals surface area contributed by atoms with Gasteiger partial charge >= 0.3 is 0 Å². The zero-order valence-corrected chi connectivity index (χ0v) is 9.26. The maximum Gasteiger partial charge on any atom is 0.282 e. The number of nitrogens with one attached hydrogen (secondary N) is 1. The zero-order valence-electron chi connectivity index (χ0n) is 8.44. The highest BCUT2D eigenvalue weighted by atomic mass is 32.2. The Labute approximate surface area is 85.2 Å². The molecule has 82 valence electrons. The third-order valence-electron chi connectivity index (χ3n) is 2.99. The highest BCUT2D eigenvalue weighted by Gasteiger charge is 2.40. The molecule has 1 atom stereocenters. The first-order chi connectivity index (χ1) is 6.66. The Morgan fingerprint density at radius 3 is 2.71 bits per heavy atom. The van der Waals surface area contributed by atoms with Crippen LogP contribution in [0.15, 0.2) is 0 Å². The monoisotopic (exact) mass is 219 g/mol. The minimum Gasteiger partial charge on any atom is -0.315 e. The Morgan fingerprint density at radius 1 is 1.43 bits per heavy atom. The smallest absolute Gasteiger partial charge is 0.282 e. The third-order valence-corrected chi connectivity index (χ3v) is 5.15. The van der Waals surface area contributed by atoms with Crippen LogP contribution in [0.2, 0.25) is 0 Å². The molecule has 0 spiro atoms. The van der Waals surface area contributed by atoms with E-state index in [-0.39, 0.29) is 6.04 Å². The number of likely N-dealkylation sites (N-methyl/N-ethyl adjacent to an activating group) is 1. The van der Waals surface area contributed by atoms with E-state index in [0.29, 0.717) is 19.6 Å². The van der Waals surface area contributed by atoms with Gasteiger partial charge in [-0.25, -0.2) is 0 Å². The molecule has 0 aliphatic carbocycles. The van der Waals surface area contributed by atoms with Crippen molar-refractivity contribution in [2.75, 3.05) is 32.7 Å². The van der Waals surface area contributed by atoms with Gasteiger partial charge in [0, 0.05) is 32.2 Å². The van der Waals surface area contributed by atoms with Crippen LogP contribution in [0.1, 0.15) is 13.3 Å². The van der Waals surface area contributed by atoms with Crippen LogP contribution in [-0.4, -0.2) is 55.8 Å². The van der Waals surface area contributed by atoms with Crippen LogP contribution < -0.4 is 5.32 Å². The van der Waals surface area contributed by atoms with Gasteiger partial charge in [-0.1, -0.05) is 6.92 Å². The predicted octanol–water partition coefficient (Wildman–Crippen LogP) is -0.769. The van der Waals surface area contributed by atoms with Gasteiger partial charge in [0.15, 0.2) is 0 Å². The van der Waals surface area contributed by atoms with E-state index in [1.807, 2.05) is 6.92 Å². The largest absolute Gasteiger partial charge is 0.315 e. The van der Waals surface area contributed by atoms with Crippen molar-refractivity contribution in [3.05, 3.63) is 0 Å². The summed E-state index contributed by atoms with van der Waals surface area (Å²) in [7, 11) is -3.13. The Hall–Kier alpha value is -0.170. The average Bonchev–Trinajstić information content (AvgIpc) is 2.71. The van der Waals surface area contributed by atoms with Gasteiger partial charge in [-0.05, 0) is 13.0 Å². The van der Waals surface area contributed by atoms with Gasteiger partial charge < -0.3 is 5.32 Å². The molecule has 2 heterocycles. The van der Waals surface area contributed by atoms with E-state index in [1.165, 1.54) is 0 Å². The highest BCUT2D eigenvalue weighted by molar-refractivity contribution is 7.87. The third kappa shape index (κ3) is 1.56. The summed E-state index contributed by atoms with van der Waals surface area (Å²) in [6, 6.07) is 0.177. The van der Waals surface area contributed by atoms with E-state index in [9.17, 15) is 8.42 Å². The lowest BCUT2D eigenvalue weighted by Gasteiger charge is -2.22. The summed E-state index contributed by atoms with van der Waals surface area (Å²) in [6.07, 6.45) is 0.941. The average molecular weight is 219 g/mol. The van der Waals surface area contributed by atoms with Gasteiger partial charge in [0.2, 0.25) is 0 Å². The first-order valence-corrected chi connectivity index (χ1v) is 6.53. The van der Waals surface area contributed by atoms with Crippen LogP contribution in [0.4, 0.5) is 0 Å². The topological polar surface area (TPSA) is 52.6 Å². The van der Waals surface area contributed by atoms with Crippen LogP contribution in [0.5, 0.6) is 0 Å². The quantitative estimate of drug-likeness (QED) is 0.663. The number of nitrogens with zero attached hydrogens (tertiary/aromatic N) is 2. The van der Waals surface area contributed by atoms with E-state index in [4.69, 9.17) is 0 Å². The second kappa shape index (κ2) is 3.77. The summed E-state index contributed by atoms with van der Waals surface area (Å²) in [5.41, 5.74) is 0. The van der Waals surface area contributed by atoms with Crippen LogP contribution in [0.3, 0.4) is 0 Å². The van der Waals surface area contributed by atoms with Gasteiger partial charge in [-0.2, -0.15) is 17.0 Å². The van der Waals surface area contributed by atoms with Crippen LogP contribution in [0, 0.1) is 0 Å².